The number of aromatic nitrogens is 3. The molecule has 0 aliphatic heterocycles. The first-order valence-electron chi connectivity index (χ1n) is 3.59. The van der Waals surface area contributed by atoms with E-state index >= 15 is 0 Å². The molecule has 14 heavy (non-hydrogen) atoms. The number of hydrogen-bond donors (Lipinski definition) is 0. The minimum Gasteiger partial charge on any atom is -0.262 e. The molecule has 0 bridgehead atoms. The fourth-order valence-electron chi connectivity index (χ4n) is 0.964. The summed E-state index contributed by atoms with van der Waals surface area (Å²) in [6.07, 6.45) is 4.09. The average Bonchev–Trinajstić information content (AvgIpc) is 2.16. The van der Waals surface area contributed by atoms with E-state index in [-0.39, 0.29) is 5.03 Å². The third kappa shape index (κ3) is 1.66. The maximum Gasteiger partial charge on any atom is 0.280 e. The summed E-state index contributed by atoms with van der Waals surface area (Å²) in [7, 11) is 1.28. The lowest BCUT2D eigenvalue weighted by Gasteiger charge is -1.97. The standard InChI is InChI=1S/C7H4ClN3O2S/c8-14(12,13)7-4-10-5-1-2-9-3-6(5)11-7/h1-4H. The van der Waals surface area contributed by atoms with Gasteiger partial charge in [-0.3, -0.25) is 9.97 Å². The van der Waals surface area contributed by atoms with E-state index in [4.69, 9.17) is 10.7 Å². The Kier molecular flexibility index (Phi) is 2.09. The fraction of sp³-hybridized carbons (Fsp3) is 0. The van der Waals surface area contributed by atoms with Crippen LogP contribution in [0.2, 0.25) is 0 Å². The summed E-state index contributed by atoms with van der Waals surface area (Å²) in [5, 5.41) is -0.264. The summed E-state index contributed by atoms with van der Waals surface area (Å²) >= 11 is 0. The van der Waals surface area contributed by atoms with Crippen LogP contribution in [0, 0.1) is 0 Å². The number of fused-ring (bicyclic) bond motifs is 1. The zero-order chi connectivity index (χ0) is 10.2. The Hall–Kier alpha value is -1.27. The second-order valence-electron chi connectivity index (χ2n) is 2.51. The van der Waals surface area contributed by atoms with Gasteiger partial charge in [-0.05, 0) is 6.07 Å². The summed E-state index contributed by atoms with van der Waals surface area (Å²) in [6.45, 7) is 0. The van der Waals surface area contributed by atoms with Crippen molar-refractivity contribution in [2.45, 2.75) is 5.03 Å². The normalized spacial score (nSPS) is 11.8. The smallest absolute Gasteiger partial charge is 0.262 e. The topological polar surface area (TPSA) is 72.8 Å². The highest BCUT2D eigenvalue weighted by atomic mass is 35.7. The van der Waals surface area contributed by atoms with E-state index in [1.54, 1.807) is 12.3 Å². The molecule has 0 aromatic carbocycles. The van der Waals surface area contributed by atoms with Crippen LogP contribution in [0.3, 0.4) is 0 Å². The monoisotopic (exact) mass is 229 g/mol. The molecule has 0 radical (unpaired) electrons. The van der Waals surface area contributed by atoms with Crippen molar-refractivity contribution < 1.29 is 8.42 Å². The van der Waals surface area contributed by atoms with Crippen LogP contribution in [0.4, 0.5) is 0 Å². The van der Waals surface area contributed by atoms with Gasteiger partial charge in [-0.25, -0.2) is 13.4 Å². The van der Waals surface area contributed by atoms with Crippen LogP contribution in [-0.4, -0.2) is 23.4 Å². The molecule has 0 atom stereocenters. The van der Waals surface area contributed by atoms with Gasteiger partial charge in [0.2, 0.25) is 0 Å². The zero-order valence-corrected chi connectivity index (χ0v) is 8.33. The first kappa shape index (κ1) is 9.29. The summed E-state index contributed by atoms with van der Waals surface area (Å²) in [5.74, 6) is 0. The minimum atomic E-state index is -3.82. The number of halogens is 1. The van der Waals surface area contributed by atoms with E-state index in [1.807, 2.05) is 0 Å². The van der Waals surface area contributed by atoms with Gasteiger partial charge in [0.05, 0.1) is 17.9 Å². The molecular weight excluding hydrogens is 226 g/mol. The predicted octanol–water partition coefficient (Wildman–Crippen LogP) is 0.952. The van der Waals surface area contributed by atoms with E-state index in [1.165, 1.54) is 6.20 Å². The van der Waals surface area contributed by atoms with Gasteiger partial charge in [0.25, 0.3) is 9.05 Å². The van der Waals surface area contributed by atoms with Gasteiger partial charge in [0.1, 0.15) is 5.52 Å². The quantitative estimate of drug-likeness (QED) is 0.681. The van der Waals surface area contributed by atoms with Crippen molar-refractivity contribution in [3.63, 3.8) is 0 Å². The maximum absolute atomic E-state index is 10.9. The molecule has 0 amide bonds. The van der Waals surface area contributed by atoms with Gasteiger partial charge in [-0.2, -0.15) is 0 Å². The lowest BCUT2D eigenvalue weighted by molar-refractivity contribution is 0.606. The van der Waals surface area contributed by atoms with Crippen molar-refractivity contribution in [1.29, 1.82) is 0 Å². The lowest BCUT2D eigenvalue weighted by Crippen LogP contribution is -1.97. The lowest BCUT2D eigenvalue weighted by atomic mass is 10.4. The van der Waals surface area contributed by atoms with Crippen LogP contribution in [-0.2, 0) is 9.05 Å². The summed E-state index contributed by atoms with van der Waals surface area (Å²) in [5.41, 5.74) is 0.971. The van der Waals surface area contributed by atoms with Gasteiger partial charge >= 0.3 is 0 Å². The van der Waals surface area contributed by atoms with Crippen LogP contribution < -0.4 is 0 Å². The van der Waals surface area contributed by atoms with Crippen LogP contribution in [0.5, 0.6) is 0 Å². The Balaban J connectivity index is 2.75. The van der Waals surface area contributed by atoms with Crippen molar-refractivity contribution in [3.05, 3.63) is 24.7 Å². The van der Waals surface area contributed by atoms with E-state index in [2.05, 4.69) is 15.0 Å². The maximum atomic E-state index is 10.9. The zero-order valence-electron chi connectivity index (χ0n) is 6.75. The molecule has 0 N–H and O–H groups in total. The van der Waals surface area contributed by atoms with E-state index in [9.17, 15) is 8.42 Å². The average molecular weight is 230 g/mol. The van der Waals surface area contributed by atoms with Crippen LogP contribution in [0.15, 0.2) is 29.7 Å². The molecule has 5 nitrogen and oxygen atoms in total. The number of pyridine rings is 1. The van der Waals surface area contributed by atoms with Gasteiger partial charge in [-0.15, -0.1) is 0 Å². The molecule has 2 rings (SSSR count). The Labute approximate surface area is 84.2 Å². The molecule has 7 heteroatoms. The molecule has 0 saturated heterocycles. The molecule has 2 aromatic rings. The van der Waals surface area contributed by atoms with Crippen molar-refractivity contribution >= 4 is 30.8 Å². The molecule has 2 aromatic heterocycles. The molecule has 72 valence electrons. The second-order valence-corrected chi connectivity index (χ2v) is 5.02. The van der Waals surface area contributed by atoms with Crippen molar-refractivity contribution in [2.75, 3.05) is 0 Å². The number of hydrogen-bond acceptors (Lipinski definition) is 5. The van der Waals surface area contributed by atoms with Crippen molar-refractivity contribution in [3.8, 4) is 0 Å². The summed E-state index contributed by atoms with van der Waals surface area (Å²) in [4.78, 5) is 11.5. The Morgan fingerprint density at radius 1 is 1.21 bits per heavy atom. The van der Waals surface area contributed by atoms with Crippen molar-refractivity contribution in [1.82, 2.24) is 15.0 Å². The second kappa shape index (κ2) is 3.14. The molecule has 0 fully saturated rings. The number of nitrogens with zero attached hydrogens (tertiary/aromatic N) is 3. The van der Waals surface area contributed by atoms with Gasteiger partial charge in [0.15, 0.2) is 5.03 Å². The van der Waals surface area contributed by atoms with Crippen LogP contribution in [0.25, 0.3) is 11.0 Å². The SMILES string of the molecule is O=S(=O)(Cl)c1cnc2ccncc2n1. The molecular formula is C7H4ClN3O2S. The Bertz CT molecular complexity index is 584. The van der Waals surface area contributed by atoms with Crippen LogP contribution in [0.1, 0.15) is 0 Å². The fourth-order valence-corrected chi connectivity index (χ4v) is 1.57. The third-order valence-corrected chi connectivity index (χ3v) is 2.74. The van der Waals surface area contributed by atoms with E-state index in [0.29, 0.717) is 11.0 Å². The molecule has 2 heterocycles. The highest BCUT2D eigenvalue weighted by molar-refractivity contribution is 8.13. The van der Waals surface area contributed by atoms with Gasteiger partial charge in [-0.1, -0.05) is 0 Å². The first-order valence-corrected chi connectivity index (χ1v) is 5.90. The highest BCUT2D eigenvalue weighted by Crippen LogP contribution is 2.14. The molecule has 0 aliphatic carbocycles. The van der Waals surface area contributed by atoms with Gasteiger partial charge in [0, 0.05) is 16.9 Å². The Morgan fingerprint density at radius 2 is 2.00 bits per heavy atom. The summed E-state index contributed by atoms with van der Waals surface area (Å²) in [6, 6.07) is 1.63. The molecule has 0 aliphatic rings. The minimum absolute atomic E-state index is 0.264. The first-order chi connectivity index (χ1) is 6.57. The highest BCUT2D eigenvalue weighted by Gasteiger charge is 2.12. The third-order valence-electron chi connectivity index (χ3n) is 1.57. The number of rotatable bonds is 1. The largest absolute Gasteiger partial charge is 0.280 e. The molecule has 0 spiro atoms. The summed E-state index contributed by atoms with van der Waals surface area (Å²) < 4.78 is 21.8. The molecule has 0 unspecified atom stereocenters. The molecule has 0 saturated carbocycles. The predicted molar refractivity (Wildman–Crippen MR) is 50.4 cm³/mol. The van der Waals surface area contributed by atoms with Crippen molar-refractivity contribution in [2.24, 2.45) is 0 Å². The van der Waals surface area contributed by atoms with E-state index in [0.717, 1.165) is 6.20 Å². The Morgan fingerprint density at radius 3 is 2.71 bits per heavy atom. The van der Waals surface area contributed by atoms with Crippen LogP contribution >= 0.6 is 10.7 Å². The van der Waals surface area contributed by atoms with Gasteiger partial charge < -0.3 is 0 Å². The van der Waals surface area contributed by atoms with E-state index < -0.39 is 9.05 Å².